The summed E-state index contributed by atoms with van der Waals surface area (Å²) in [5.74, 6) is -6.96. The molecule has 0 aliphatic carbocycles. The fourth-order valence-electron chi connectivity index (χ4n) is 1.23. The molecule has 14 heteroatoms. The molecule has 0 fully saturated rings. The highest BCUT2D eigenvalue weighted by Gasteiger charge is 2.76. The molecule has 23 heavy (non-hydrogen) atoms. The molecule has 134 valence electrons. The number of rotatable bonds is 5. The summed E-state index contributed by atoms with van der Waals surface area (Å²) in [5, 5.41) is 0. The first-order chi connectivity index (χ1) is 10.1. The van der Waals surface area contributed by atoms with E-state index in [2.05, 4.69) is 4.74 Å². The summed E-state index contributed by atoms with van der Waals surface area (Å²) >= 11 is 0. The summed E-state index contributed by atoms with van der Waals surface area (Å²) in [6.07, 6.45) is -19.5. The Morgan fingerprint density at radius 2 is 1.52 bits per heavy atom. The average Bonchev–Trinajstić information content (AvgIpc) is 2.68. The molecule has 1 heterocycles. The third-order valence-electron chi connectivity index (χ3n) is 2.50. The van der Waals surface area contributed by atoms with Crippen molar-refractivity contribution in [1.82, 2.24) is 4.57 Å². The summed E-state index contributed by atoms with van der Waals surface area (Å²) in [5.41, 5.74) is 0. The number of nitrogens with zero attached hydrogens (tertiary/aromatic N) is 2. The molecule has 1 atom stereocenters. The minimum atomic E-state index is -6.96. The standard InChI is InChI=1S/C9H6F11N2O/c1-21-2-3-22(5(21)11)6(12,13)4(10)23-9(19,20)7(14,15)8(16,17)18/h2-4H,1H3/q+1. The Hall–Kier alpha value is -1.60. The molecule has 0 aliphatic rings. The molecule has 1 aromatic rings. The lowest BCUT2D eigenvalue weighted by Crippen LogP contribution is -2.56. The van der Waals surface area contributed by atoms with E-state index in [0.29, 0.717) is 10.8 Å². The summed E-state index contributed by atoms with van der Waals surface area (Å²) in [6, 6.07) is -5.34. The molecule has 0 aromatic carbocycles. The van der Waals surface area contributed by atoms with E-state index < -0.39 is 41.3 Å². The van der Waals surface area contributed by atoms with Crippen LogP contribution in [0.25, 0.3) is 0 Å². The van der Waals surface area contributed by atoms with Gasteiger partial charge in [0.2, 0.25) is 0 Å². The second-order valence-electron chi connectivity index (χ2n) is 4.16. The number of hydrogen-bond donors (Lipinski definition) is 0. The lowest BCUT2D eigenvalue weighted by molar-refractivity contribution is -0.701. The van der Waals surface area contributed by atoms with Crippen molar-refractivity contribution in [3.05, 3.63) is 18.5 Å². The van der Waals surface area contributed by atoms with Gasteiger partial charge in [0.15, 0.2) is 0 Å². The highest BCUT2D eigenvalue weighted by Crippen LogP contribution is 2.48. The Morgan fingerprint density at radius 3 is 1.87 bits per heavy atom. The van der Waals surface area contributed by atoms with Crippen molar-refractivity contribution >= 4 is 0 Å². The van der Waals surface area contributed by atoms with Gasteiger partial charge in [0.05, 0.1) is 7.05 Å². The van der Waals surface area contributed by atoms with Gasteiger partial charge >= 0.3 is 36.7 Å². The largest absolute Gasteiger partial charge is 0.462 e. The number of ether oxygens (including phenoxy) is 1. The van der Waals surface area contributed by atoms with Gasteiger partial charge < -0.3 is 0 Å². The van der Waals surface area contributed by atoms with E-state index in [-0.39, 0.29) is 6.20 Å². The van der Waals surface area contributed by atoms with Crippen LogP contribution in [0.3, 0.4) is 0 Å². The maximum atomic E-state index is 13.4. The SMILES string of the molecule is C[n+]1ccn(C(F)(F)C(F)OC(F)(F)C(F)(F)C(F)(F)F)c1F. The van der Waals surface area contributed by atoms with E-state index in [1.807, 2.05) is 0 Å². The summed E-state index contributed by atoms with van der Waals surface area (Å²) in [6.45, 7) is 0. The molecule has 0 aliphatic heterocycles. The van der Waals surface area contributed by atoms with Gasteiger partial charge in [-0.25, -0.2) is 8.96 Å². The van der Waals surface area contributed by atoms with Crippen LogP contribution < -0.4 is 4.57 Å². The van der Waals surface area contributed by atoms with Gasteiger partial charge in [0.1, 0.15) is 12.4 Å². The zero-order chi connectivity index (χ0) is 18.4. The molecule has 1 aromatic heterocycles. The van der Waals surface area contributed by atoms with Crippen molar-refractivity contribution < 1.29 is 57.6 Å². The van der Waals surface area contributed by atoms with Crippen LogP contribution in [0.1, 0.15) is 0 Å². The maximum Gasteiger partial charge on any atom is 0.462 e. The van der Waals surface area contributed by atoms with Gasteiger partial charge in [0, 0.05) is 0 Å². The number of aromatic nitrogens is 2. The van der Waals surface area contributed by atoms with Crippen molar-refractivity contribution in [1.29, 1.82) is 0 Å². The molecule has 0 spiro atoms. The van der Waals surface area contributed by atoms with E-state index in [4.69, 9.17) is 0 Å². The predicted octanol–water partition coefficient (Wildman–Crippen LogP) is 3.10. The third-order valence-corrected chi connectivity index (χ3v) is 2.50. The quantitative estimate of drug-likeness (QED) is 0.578. The van der Waals surface area contributed by atoms with Crippen LogP contribution in [0.5, 0.6) is 0 Å². The molecule has 0 saturated heterocycles. The van der Waals surface area contributed by atoms with E-state index in [0.717, 1.165) is 7.05 Å². The number of hydrogen-bond acceptors (Lipinski definition) is 1. The molecule has 0 amide bonds. The van der Waals surface area contributed by atoms with Crippen LogP contribution in [0, 0.1) is 6.08 Å². The molecule has 1 rings (SSSR count). The first-order valence-corrected chi connectivity index (χ1v) is 5.30. The first kappa shape index (κ1) is 19.4. The Kier molecular flexibility index (Phi) is 4.64. The second kappa shape index (κ2) is 5.49. The number of alkyl halides is 10. The number of aryl methyl sites for hydroxylation is 1. The van der Waals surface area contributed by atoms with Crippen LogP contribution in [-0.4, -0.2) is 29.1 Å². The number of imidazole rings is 1. The molecule has 0 bridgehead atoms. The normalized spacial score (nSPS) is 15.8. The van der Waals surface area contributed by atoms with Gasteiger partial charge in [-0.1, -0.05) is 0 Å². The van der Waals surface area contributed by atoms with Crippen molar-refractivity contribution in [2.24, 2.45) is 7.05 Å². The van der Waals surface area contributed by atoms with Crippen LogP contribution >= 0.6 is 0 Å². The molecule has 3 nitrogen and oxygen atoms in total. The summed E-state index contributed by atoms with van der Waals surface area (Å²) < 4.78 is 140. The molecular weight excluding hydrogens is 361 g/mol. The fourth-order valence-corrected chi connectivity index (χ4v) is 1.23. The average molecular weight is 367 g/mol. The lowest BCUT2D eigenvalue weighted by atomic mass is 10.3. The van der Waals surface area contributed by atoms with Crippen molar-refractivity contribution in [3.63, 3.8) is 0 Å². The van der Waals surface area contributed by atoms with E-state index in [1.54, 1.807) is 0 Å². The smallest absolute Gasteiger partial charge is 0.270 e. The van der Waals surface area contributed by atoms with Gasteiger partial charge in [-0.2, -0.15) is 39.5 Å². The highest BCUT2D eigenvalue weighted by atomic mass is 19.4. The Labute approximate surface area is 119 Å². The number of halogens is 11. The molecular formula is C9H6F11N2O+. The second-order valence-corrected chi connectivity index (χ2v) is 4.16. The van der Waals surface area contributed by atoms with E-state index in [1.165, 1.54) is 0 Å². The van der Waals surface area contributed by atoms with Crippen LogP contribution in [-0.2, 0) is 17.8 Å². The van der Waals surface area contributed by atoms with Crippen LogP contribution in [0.2, 0.25) is 0 Å². The predicted molar refractivity (Wildman–Crippen MR) is 47.7 cm³/mol. The molecule has 0 N–H and O–H groups in total. The van der Waals surface area contributed by atoms with Gasteiger partial charge in [0.25, 0.3) is 0 Å². The topological polar surface area (TPSA) is 18.0 Å². The van der Waals surface area contributed by atoms with Crippen molar-refractivity contribution in [3.8, 4) is 0 Å². The Bertz CT molecular complexity index is 564. The molecule has 1 unspecified atom stereocenters. The molecule has 0 saturated carbocycles. The monoisotopic (exact) mass is 367 g/mol. The summed E-state index contributed by atoms with van der Waals surface area (Å²) in [4.78, 5) is 0. The summed E-state index contributed by atoms with van der Waals surface area (Å²) in [7, 11) is 0.836. The highest BCUT2D eigenvalue weighted by molar-refractivity contribution is 4.86. The first-order valence-electron chi connectivity index (χ1n) is 5.30. The minimum absolute atomic E-state index is 0.130. The van der Waals surface area contributed by atoms with Crippen LogP contribution in [0.4, 0.5) is 48.3 Å². The van der Waals surface area contributed by atoms with Crippen molar-refractivity contribution in [2.75, 3.05) is 0 Å². The van der Waals surface area contributed by atoms with Gasteiger partial charge in [-0.05, 0) is 0 Å². The third kappa shape index (κ3) is 3.21. The van der Waals surface area contributed by atoms with E-state index >= 15 is 0 Å². The van der Waals surface area contributed by atoms with Gasteiger partial charge in [-0.15, -0.1) is 8.96 Å². The van der Waals surface area contributed by atoms with Gasteiger partial charge in [-0.3, -0.25) is 4.74 Å². The zero-order valence-corrected chi connectivity index (χ0v) is 10.7. The Balaban J connectivity index is 3.11. The van der Waals surface area contributed by atoms with E-state index in [9.17, 15) is 48.3 Å². The lowest BCUT2D eigenvalue weighted by Gasteiger charge is -2.29. The maximum absolute atomic E-state index is 13.4. The molecule has 0 radical (unpaired) electrons. The zero-order valence-electron chi connectivity index (χ0n) is 10.7. The Morgan fingerprint density at radius 1 is 1.04 bits per heavy atom. The van der Waals surface area contributed by atoms with Crippen molar-refractivity contribution in [2.45, 2.75) is 30.6 Å². The minimum Gasteiger partial charge on any atom is -0.270 e. The fraction of sp³-hybridized carbons (Fsp3) is 0.667. The van der Waals surface area contributed by atoms with Crippen LogP contribution in [0.15, 0.2) is 12.4 Å².